The molecule has 0 aliphatic carbocycles. The van der Waals surface area contributed by atoms with Gasteiger partial charge in [-0.25, -0.2) is 0 Å². The number of hydrogen-bond acceptors (Lipinski definition) is 3. The van der Waals surface area contributed by atoms with Gasteiger partial charge in [0.05, 0.1) is 0 Å². The molecule has 0 aliphatic heterocycles. The minimum atomic E-state index is 0.0430. The molecule has 0 saturated carbocycles. The van der Waals surface area contributed by atoms with E-state index in [0.29, 0.717) is 0 Å². The van der Waals surface area contributed by atoms with Crippen molar-refractivity contribution in [1.29, 1.82) is 0 Å². The van der Waals surface area contributed by atoms with Crippen LogP contribution >= 0.6 is 12.0 Å². The summed E-state index contributed by atoms with van der Waals surface area (Å²) in [5.74, 6) is 0.793. The minimum Gasteiger partial charge on any atom is -0.330 e. The first kappa shape index (κ1) is 13.6. The second-order valence-corrected chi connectivity index (χ2v) is 4.83. The Balaban J connectivity index is 2.56. The molecular formula is C13H21NOS. The number of benzene rings is 1. The van der Waals surface area contributed by atoms with Crippen molar-refractivity contribution in [2.75, 3.05) is 12.3 Å². The zero-order valence-corrected chi connectivity index (χ0v) is 10.9. The van der Waals surface area contributed by atoms with Crippen molar-refractivity contribution in [2.45, 2.75) is 32.2 Å². The Kier molecular flexibility index (Phi) is 5.88. The van der Waals surface area contributed by atoms with Gasteiger partial charge in [0, 0.05) is 11.3 Å². The molecule has 2 N–H and O–H groups in total. The molecule has 0 spiro atoms. The van der Waals surface area contributed by atoms with Crippen LogP contribution in [0.2, 0.25) is 0 Å². The van der Waals surface area contributed by atoms with Gasteiger partial charge in [0.15, 0.2) is 0 Å². The number of nitrogens with one attached hydrogen (secondary N) is 1. The molecular weight excluding hydrogens is 218 g/mol. The van der Waals surface area contributed by atoms with E-state index in [0.717, 1.165) is 37.2 Å². The molecule has 1 atom stereocenters. The Morgan fingerprint density at radius 2 is 2.00 bits per heavy atom. The lowest BCUT2D eigenvalue weighted by Gasteiger charge is -2.30. The van der Waals surface area contributed by atoms with E-state index in [1.54, 1.807) is 0 Å². The zero-order chi connectivity index (χ0) is 11.9. The van der Waals surface area contributed by atoms with E-state index in [9.17, 15) is 0 Å². The van der Waals surface area contributed by atoms with Gasteiger partial charge in [0.2, 0.25) is 0 Å². The molecule has 3 heteroatoms. The quantitative estimate of drug-likeness (QED) is 0.564. The van der Waals surface area contributed by atoms with Crippen LogP contribution in [-0.2, 0) is 5.54 Å². The lowest BCUT2D eigenvalue weighted by atomic mass is 9.89. The van der Waals surface area contributed by atoms with Crippen molar-refractivity contribution in [2.24, 2.45) is 0 Å². The van der Waals surface area contributed by atoms with Gasteiger partial charge < -0.3 is 9.87 Å². The second kappa shape index (κ2) is 6.94. The van der Waals surface area contributed by atoms with Gasteiger partial charge in [-0.3, -0.25) is 0 Å². The van der Waals surface area contributed by atoms with Gasteiger partial charge >= 0.3 is 0 Å². The average Bonchev–Trinajstić information content (AvgIpc) is 2.35. The van der Waals surface area contributed by atoms with Crippen molar-refractivity contribution >= 4 is 12.0 Å². The molecule has 1 aromatic rings. The smallest absolute Gasteiger partial charge is 0.0403 e. The Morgan fingerprint density at radius 1 is 1.31 bits per heavy atom. The summed E-state index contributed by atoms with van der Waals surface area (Å²) in [5.41, 5.74) is 1.37. The van der Waals surface area contributed by atoms with Crippen molar-refractivity contribution in [3.63, 3.8) is 0 Å². The molecule has 0 saturated heterocycles. The molecule has 1 unspecified atom stereocenters. The fraction of sp³-hybridized carbons (Fsp3) is 0.538. The van der Waals surface area contributed by atoms with Gasteiger partial charge in [-0.2, -0.15) is 0 Å². The third-order valence-electron chi connectivity index (χ3n) is 3.05. The monoisotopic (exact) mass is 239 g/mol. The van der Waals surface area contributed by atoms with E-state index in [2.05, 4.69) is 43.4 Å². The minimum absolute atomic E-state index is 0.0430. The van der Waals surface area contributed by atoms with Gasteiger partial charge in [-0.05, 0) is 43.9 Å². The van der Waals surface area contributed by atoms with E-state index in [1.807, 2.05) is 6.07 Å². The van der Waals surface area contributed by atoms with Crippen LogP contribution in [-0.4, -0.2) is 16.9 Å². The highest BCUT2D eigenvalue weighted by Crippen LogP contribution is 2.23. The summed E-state index contributed by atoms with van der Waals surface area (Å²) in [6.45, 7) is 5.36. The maximum atomic E-state index is 8.66. The highest BCUT2D eigenvalue weighted by molar-refractivity contribution is 7.93. The highest BCUT2D eigenvalue weighted by Gasteiger charge is 2.22. The van der Waals surface area contributed by atoms with Crippen molar-refractivity contribution in [3.05, 3.63) is 35.9 Å². The summed E-state index contributed by atoms with van der Waals surface area (Å²) in [5, 5.41) is 3.57. The Labute approximate surface area is 103 Å². The van der Waals surface area contributed by atoms with Crippen LogP contribution in [0.15, 0.2) is 30.3 Å². The van der Waals surface area contributed by atoms with Crippen LogP contribution in [0, 0.1) is 0 Å². The molecule has 90 valence electrons. The molecule has 0 aliphatic rings. The maximum absolute atomic E-state index is 8.66. The summed E-state index contributed by atoms with van der Waals surface area (Å²) in [7, 11) is 0. The zero-order valence-electron chi connectivity index (χ0n) is 10.1. The van der Waals surface area contributed by atoms with Crippen LogP contribution in [0.5, 0.6) is 0 Å². The predicted molar refractivity (Wildman–Crippen MR) is 71.8 cm³/mol. The number of hydrogen-bond donors (Lipinski definition) is 2. The molecule has 2 nitrogen and oxygen atoms in total. The highest BCUT2D eigenvalue weighted by atomic mass is 32.2. The van der Waals surface area contributed by atoms with Gasteiger partial charge in [0.25, 0.3) is 0 Å². The largest absolute Gasteiger partial charge is 0.330 e. The Hall–Kier alpha value is -0.510. The molecule has 1 aromatic carbocycles. The normalized spacial score (nSPS) is 14.7. The average molecular weight is 239 g/mol. The first-order chi connectivity index (χ1) is 7.73. The molecule has 0 radical (unpaired) electrons. The maximum Gasteiger partial charge on any atom is 0.0403 e. The van der Waals surface area contributed by atoms with Crippen molar-refractivity contribution in [1.82, 2.24) is 5.32 Å². The lowest BCUT2D eigenvalue weighted by Crippen LogP contribution is -2.39. The lowest BCUT2D eigenvalue weighted by molar-refractivity contribution is 0.355. The van der Waals surface area contributed by atoms with Crippen LogP contribution in [0.1, 0.15) is 32.3 Å². The SMILES string of the molecule is CCC(C)(NCCCSO)c1ccccc1. The van der Waals surface area contributed by atoms with Crippen molar-refractivity contribution < 1.29 is 4.55 Å². The van der Waals surface area contributed by atoms with E-state index in [-0.39, 0.29) is 5.54 Å². The van der Waals surface area contributed by atoms with Crippen LogP contribution < -0.4 is 5.32 Å². The predicted octanol–water partition coefficient (Wildman–Crippen LogP) is 3.50. The molecule has 0 fully saturated rings. The molecule has 0 heterocycles. The fourth-order valence-electron chi connectivity index (χ4n) is 1.74. The third-order valence-corrected chi connectivity index (χ3v) is 3.52. The van der Waals surface area contributed by atoms with E-state index in [4.69, 9.17) is 4.55 Å². The van der Waals surface area contributed by atoms with E-state index in [1.165, 1.54) is 5.56 Å². The fourth-order valence-corrected chi connectivity index (χ4v) is 2.01. The summed E-state index contributed by atoms with van der Waals surface area (Å²) in [6.07, 6.45) is 2.05. The summed E-state index contributed by atoms with van der Waals surface area (Å²) < 4.78 is 8.66. The van der Waals surface area contributed by atoms with Crippen LogP contribution in [0.3, 0.4) is 0 Å². The van der Waals surface area contributed by atoms with Crippen molar-refractivity contribution in [3.8, 4) is 0 Å². The van der Waals surface area contributed by atoms with Gasteiger partial charge in [-0.15, -0.1) is 0 Å². The molecule has 16 heavy (non-hydrogen) atoms. The first-order valence-electron chi connectivity index (χ1n) is 5.80. The van der Waals surface area contributed by atoms with Gasteiger partial charge in [0.1, 0.15) is 0 Å². The molecule has 1 rings (SSSR count). The number of rotatable bonds is 7. The topological polar surface area (TPSA) is 32.3 Å². The van der Waals surface area contributed by atoms with Gasteiger partial charge in [-0.1, -0.05) is 37.3 Å². The first-order valence-corrected chi connectivity index (χ1v) is 6.74. The Bertz CT molecular complexity index is 291. The van der Waals surface area contributed by atoms with E-state index < -0.39 is 0 Å². The summed E-state index contributed by atoms with van der Waals surface area (Å²) in [4.78, 5) is 0. The Morgan fingerprint density at radius 3 is 2.56 bits per heavy atom. The summed E-state index contributed by atoms with van der Waals surface area (Å²) >= 11 is 0.916. The molecule has 0 bridgehead atoms. The molecule has 0 aromatic heterocycles. The molecule has 0 amide bonds. The van der Waals surface area contributed by atoms with E-state index >= 15 is 0 Å². The third kappa shape index (κ3) is 3.81. The standard InChI is InChI=1S/C13H21NOS/c1-3-13(2,14-10-7-11-16-15)12-8-5-4-6-9-12/h4-6,8-9,14-15H,3,7,10-11H2,1-2H3. The summed E-state index contributed by atoms with van der Waals surface area (Å²) in [6, 6.07) is 10.5. The second-order valence-electron chi connectivity index (χ2n) is 4.17. The van der Waals surface area contributed by atoms with Crippen LogP contribution in [0.25, 0.3) is 0 Å². The van der Waals surface area contributed by atoms with Crippen LogP contribution in [0.4, 0.5) is 0 Å².